The molecule has 0 aliphatic carbocycles. The minimum absolute atomic E-state index is 0.0905. The van der Waals surface area contributed by atoms with Crippen LogP contribution in [0.4, 0.5) is 0 Å². The average Bonchev–Trinajstić information content (AvgIpc) is 2.70. The summed E-state index contributed by atoms with van der Waals surface area (Å²) in [6.07, 6.45) is 1.97. The van der Waals surface area contributed by atoms with Crippen LogP contribution in [0.2, 0.25) is 0 Å². The Labute approximate surface area is 180 Å². The number of ether oxygens (including phenoxy) is 4. The maximum atomic E-state index is 9.96. The molecule has 0 aromatic heterocycles. The molecule has 0 aliphatic heterocycles. The molecular weight excluding hydrogens is 380 g/mol. The third-order valence-corrected chi connectivity index (χ3v) is 4.77. The lowest BCUT2D eigenvalue weighted by atomic mass is 10.0. The first-order chi connectivity index (χ1) is 14.3. The van der Waals surface area contributed by atoms with Crippen LogP contribution in [-0.2, 0) is 11.2 Å². The summed E-state index contributed by atoms with van der Waals surface area (Å²) in [5, 5.41) is 9.96. The Morgan fingerprint density at radius 2 is 1.73 bits per heavy atom. The molecule has 2 aromatic carbocycles. The van der Waals surface area contributed by atoms with Crippen LogP contribution in [0.5, 0.6) is 23.0 Å². The molecule has 164 valence electrons. The van der Waals surface area contributed by atoms with Crippen LogP contribution in [0, 0.1) is 12.8 Å². The van der Waals surface area contributed by atoms with Gasteiger partial charge in [-0.05, 0) is 61.1 Å². The smallest absolute Gasteiger partial charge is 0.164 e. The number of methoxy groups -OCH3 is 2. The van der Waals surface area contributed by atoms with Crippen molar-refractivity contribution in [2.24, 2.45) is 5.92 Å². The molecule has 0 amide bonds. The number of allylic oxidation sites excluding steroid dienone is 1. The fourth-order valence-electron chi connectivity index (χ4n) is 3.32. The molecule has 2 rings (SSSR count). The Hall–Kier alpha value is -2.66. The van der Waals surface area contributed by atoms with Gasteiger partial charge in [0, 0.05) is 6.61 Å². The summed E-state index contributed by atoms with van der Waals surface area (Å²) in [5.74, 6) is 2.24. The van der Waals surface area contributed by atoms with Gasteiger partial charge in [0.15, 0.2) is 23.0 Å². The molecule has 0 radical (unpaired) electrons. The van der Waals surface area contributed by atoms with E-state index in [1.165, 1.54) is 7.11 Å². The highest BCUT2D eigenvalue weighted by atomic mass is 16.6. The molecule has 2 aromatic rings. The molecule has 0 saturated carbocycles. The lowest BCUT2D eigenvalue weighted by Gasteiger charge is -2.28. The summed E-state index contributed by atoms with van der Waals surface area (Å²) in [7, 11) is 3.17. The minimum Gasteiger partial charge on any atom is -0.504 e. The molecule has 2 atom stereocenters. The summed E-state index contributed by atoms with van der Waals surface area (Å²) in [6, 6.07) is 9.30. The van der Waals surface area contributed by atoms with Crippen molar-refractivity contribution in [3.05, 3.63) is 59.7 Å². The molecule has 0 saturated heterocycles. The predicted octanol–water partition coefficient (Wildman–Crippen LogP) is 5.63. The van der Waals surface area contributed by atoms with Gasteiger partial charge in [0.1, 0.15) is 12.2 Å². The molecule has 2 unspecified atom stereocenters. The Balaban J connectivity index is 2.37. The van der Waals surface area contributed by atoms with E-state index >= 15 is 0 Å². The lowest BCUT2D eigenvalue weighted by Crippen LogP contribution is -2.26. The van der Waals surface area contributed by atoms with Gasteiger partial charge in [-0.25, -0.2) is 0 Å². The molecule has 0 bridgehead atoms. The van der Waals surface area contributed by atoms with Crippen molar-refractivity contribution in [3.63, 3.8) is 0 Å². The summed E-state index contributed by atoms with van der Waals surface area (Å²) in [6.45, 7) is 12.6. The van der Waals surface area contributed by atoms with E-state index < -0.39 is 0 Å². The summed E-state index contributed by atoms with van der Waals surface area (Å²) in [5.41, 5.74) is 2.98. The van der Waals surface area contributed by atoms with E-state index in [4.69, 9.17) is 18.9 Å². The monoisotopic (exact) mass is 414 g/mol. The number of phenols is 1. The van der Waals surface area contributed by atoms with Crippen LogP contribution in [-0.4, -0.2) is 32.0 Å². The van der Waals surface area contributed by atoms with Crippen molar-refractivity contribution >= 4 is 0 Å². The maximum absolute atomic E-state index is 9.96. The molecule has 30 heavy (non-hydrogen) atoms. The van der Waals surface area contributed by atoms with Crippen LogP contribution in [0.1, 0.15) is 43.6 Å². The van der Waals surface area contributed by atoms with E-state index in [1.54, 1.807) is 19.2 Å². The number of rotatable bonds is 11. The Morgan fingerprint density at radius 1 is 1.03 bits per heavy atom. The van der Waals surface area contributed by atoms with Gasteiger partial charge in [0.2, 0.25) is 0 Å². The van der Waals surface area contributed by atoms with Gasteiger partial charge in [-0.2, -0.15) is 0 Å². The van der Waals surface area contributed by atoms with Gasteiger partial charge in [-0.15, -0.1) is 6.58 Å². The quantitative estimate of drug-likeness (QED) is 0.483. The molecule has 0 heterocycles. The third kappa shape index (κ3) is 5.92. The second kappa shape index (κ2) is 10.9. The molecule has 0 aliphatic rings. The first kappa shape index (κ1) is 23.6. The normalized spacial score (nSPS) is 13.0. The van der Waals surface area contributed by atoms with Crippen molar-refractivity contribution in [3.8, 4) is 23.0 Å². The van der Waals surface area contributed by atoms with Crippen LogP contribution >= 0.6 is 0 Å². The first-order valence-corrected chi connectivity index (χ1v) is 10.2. The SMILES string of the molecule is C=CCc1cc(C)c(OC(C)C(OCC(C)C)c2ccc(O)c(OC)c2)c(OC)c1. The van der Waals surface area contributed by atoms with Gasteiger partial charge >= 0.3 is 0 Å². The zero-order valence-corrected chi connectivity index (χ0v) is 18.9. The molecular formula is C25H34O5. The highest BCUT2D eigenvalue weighted by Gasteiger charge is 2.25. The van der Waals surface area contributed by atoms with E-state index in [2.05, 4.69) is 26.5 Å². The molecule has 0 fully saturated rings. The summed E-state index contributed by atoms with van der Waals surface area (Å²) in [4.78, 5) is 0. The predicted molar refractivity (Wildman–Crippen MR) is 120 cm³/mol. The van der Waals surface area contributed by atoms with Crippen LogP contribution in [0.25, 0.3) is 0 Å². The van der Waals surface area contributed by atoms with Gasteiger partial charge in [-0.1, -0.05) is 32.1 Å². The van der Waals surface area contributed by atoms with E-state index in [0.29, 0.717) is 29.8 Å². The fourth-order valence-corrected chi connectivity index (χ4v) is 3.32. The number of hydrogen-bond acceptors (Lipinski definition) is 5. The highest BCUT2D eigenvalue weighted by Crippen LogP contribution is 2.37. The number of aromatic hydroxyl groups is 1. The second-order valence-electron chi connectivity index (χ2n) is 7.84. The molecule has 1 N–H and O–H groups in total. The highest BCUT2D eigenvalue weighted by molar-refractivity contribution is 5.49. The number of phenolic OH excluding ortho intramolecular Hbond substituents is 1. The molecule has 5 heteroatoms. The minimum atomic E-state index is -0.348. The van der Waals surface area contributed by atoms with E-state index in [-0.39, 0.29) is 18.0 Å². The van der Waals surface area contributed by atoms with E-state index in [1.807, 2.05) is 32.1 Å². The van der Waals surface area contributed by atoms with Crippen molar-refractivity contribution < 1.29 is 24.1 Å². The standard InChI is InChI=1S/C25H34O5/c1-8-9-19-12-17(4)24(23(13-19)28-7)30-18(5)25(29-15-16(2)3)20-10-11-21(26)22(14-20)27-6/h8,10-14,16,18,25-26H,1,9,15H2,2-7H3. The molecule has 5 nitrogen and oxygen atoms in total. The van der Waals surface area contributed by atoms with Crippen molar-refractivity contribution in [1.82, 2.24) is 0 Å². The molecule has 0 spiro atoms. The summed E-state index contributed by atoms with van der Waals surface area (Å²) >= 11 is 0. The number of hydrogen-bond donors (Lipinski definition) is 1. The first-order valence-electron chi connectivity index (χ1n) is 10.2. The zero-order chi connectivity index (χ0) is 22.3. The van der Waals surface area contributed by atoms with E-state index in [0.717, 1.165) is 23.1 Å². The second-order valence-corrected chi connectivity index (χ2v) is 7.84. The zero-order valence-electron chi connectivity index (χ0n) is 18.9. The van der Waals surface area contributed by atoms with Crippen molar-refractivity contribution in [2.75, 3.05) is 20.8 Å². The van der Waals surface area contributed by atoms with Gasteiger partial charge < -0.3 is 24.1 Å². The van der Waals surface area contributed by atoms with Crippen molar-refractivity contribution in [1.29, 1.82) is 0 Å². The number of benzene rings is 2. The largest absolute Gasteiger partial charge is 0.504 e. The van der Waals surface area contributed by atoms with Gasteiger partial charge in [-0.3, -0.25) is 0 Å². The number of aryl methyl sites for hydroxylation is 1. The van der Waals surface area contributed by atoms with Gasteiger partial charge in [0.25, 0.3) is 0 Å². The Bertz CT molecular complexity index is 844. The van der Waals surface area contributed by atoms with Crippen molar-refractivity contribution in [2.45, 2.75) is 46.3 Å². The topological polar surface area (TPSA) is 57.2 Å². The third-order valence-electron chi connectivity index (χ3n) is 4.77. The van der Waals surface area contributed by atoms with Gasteiger partial charge in [0.05, 0.1) is 14.2 Å². The van der Waals surface area contributed by atoms with E-state index in [9.17, 15) is 5.11 Å². The van der Waals surface area contributed by atoms with Crippen LogP contribution < -0.4 is 14.2 Å². The summed E-state index contributed by atoms with van der Waals surface area (Å²) < 4.78 is 23.5. The lowest BCUT2D eigenvalue weighted by molar-refractivity contribution is -0.0317. The van der Waals surface area contributed by atoms with Crippen LogP contribution in [0.3, 0.4) is 0 Å². The van der Waals surface area contributed by atoms with Crippen LogP contribution in [0.15, 0.2) is 43.0 Å². The average molecular weight is 415 g/mol. The fraction of sp³-hybridized carbons (Fsp3) is 0.440. The Morgan fingerprint density at radius 3 is 2.33 bits per heavy atom. The maximum Gasteiger partial charge on any atom is 0.164 e. The Kier molecular flexibility index (Phi) is 8.60.